The quantitative estimate of drug-likeness (QED) is 0.699. The Kier molecular flexibility index (Phi) is 3.27. The van der Waals surface area contributed by atoms with Crippen LogP contribution in [-0.2, 0) is 24.8 Å². The van der Waals surface area contributed by atoms with Crippen molar-refractivity contribution < 1.29 is 4.74 Å². The number of hydrogen-bond acceptors (Lipinski definition) is 6. The lowest BCUT2D eigenvalue weighted by molar-refractivity contribution is 0.193. The van der Waals surface area contributed by atoms with E-state index in [1.54, 1.807) is 6.33 Å². The Bertz CT molecular complexity index is 938. The second kappa shape index (κ2) is 5.52. The first-order valence-corrected chi connectivity index (χ1v) is 8.75. The molecule has 8 nitrogen and oxygen atoms in total. The highest BCUT2D eigenvalue weighted by Crippen LogP contribution is 2.33. The number of nitrogens with zero attached hydrogens (tertiary/aromatic N) is 7. The van der Waals surface area contributed by atoms with E-state index in [4.69, 9.17) is 9.72 Å². The minimum Gasteiger partial charge on any atom is -0.381 e. The molecule has 0 saturated carbocycles. The zero-order valence-corrected chi connectivity index (χ0v) is 14.5. The van der Waals surface area contributed by atoms with E-state index in [2.05, 4.69) is 26.3 Å². The largest absolute Gasteiger partial charge is 0.381 e. The SMILES string of the molecule is Cc1nc(C2CCOC2)c2c(N3CCc4nn(C)cc4C3)ncnn12. The summed E-state index contributed by atoms with van der Waals surface area (Å²) in [5.41, 5.74) is 4.57. The fourth-order valence-electron chi connectivity index (χ4n) is 3.99. The van der Waals surface area contributed by atoms with Crippen molar-refractivity contribution >= 4 is 11.3 Å². The molecule has 2 aliphatic rings. The van der Waals surface area contributed by atoms with E-state index in [1.165, 1.54) is 11.3 Å². The molecule has 3 aromatic rings. The molecule has 8 heteroatoms. The fraction of sp³-hybridized carbons (Fsp3) is 0.529. The third-order valence-electron chi connectivity index (χ3n) is 5.19. The van der Waals surface area contributed by atoms with Crippen LogP contribution >= 0.6 is 0 Å². The monoisotopic (exact) mass is 339 g/mol. The smallest absolute Gasteiger partial charge is 0.158 e. The topological polar surface area (TPSA) is 73.4 Å². The molecule has 130 valence electrons. The Hall–Kier alpha value is -2.48. The molecular weight excluding hydrogens is 318 g/mol. The molecule has 1 saturated heterocycles. The van der Waals surface area contributed by atoms with E-state index < -0.39 is 0 Å². The van der Waals surface area contributed by atoms with Crippen LogP contribution in [0.4, 0.5) is 5.82 Å². The van der Waals surface area contributed by atoms with E-state index in [1.807, 2.05) is 23.2 Å². The Morgan fingerprint density at radius 2 is 2.24 bits per heavy atom. The van der Waals surface area contributed by atoms with Crippen LogP contribution < -0.4 is 4.90 Å². The number of aryl methyl sites for hydroxylation is 2. The lowest BCUT2D eigenvalue weighted by Gasteiger charge is -2.27. The first-order chi connectivity index (χ1) is 12.2. The molecule has 5 heterocycles. The first kappa shape index (κ1) is 14.8. The maximum absolute atomic E-state index is 5.59. The Balaban J connectivity index is 1.61. The number of imidazole rings is 1. The van der Waals surface area contributed by atoms with Gasteiger partial charge in [-0.25, -0.2) is 14.5 Å². The second-order valence-corrected chi connectivity index (χ2v) is 6.90. The molecule has 3 aromatic heterocycles. The summed E-state index contributed by atoms with van der Waals surface area (Å²) in [6, 6.07) is 0. The maximum Gasteiger partial charge on any atom is 0.158 e. The molecule has 0 bridgehead atoms. The van der Waals surface area contributed by atoms with Crippen LogP contribution in [0.15, 0.2) is 12.5 Å². The molecule has 5 rings (SSSR count). The van der Waals surface area contributed by atoms with Gasteiger partial charge in [0.05, 0.1) is 18.0 Å². The molecule has 0 aromatic carbocycles. The van der Waals surface area contributed by atoms with Crippen molar-refractivity contribution in [1.29, 1.82) is 0 Å². The lowest BCUT2D eigenvalue weighted by atomic mass is 10.0. The molecule has 0 spiro atoms. The first-order valence-electron chi connectivity index (χ1n) is 8.75. The summed E-state index contributed by atoms with van der Waals surface area (Å²) in [6.45, 7) is 5.25. The van der Waals surface area contributed by atoms with Crippen molar-refractivity contribution in [2.45, 2.75) is 32.2 Å². The summed E-state index contributed by atoms with van der Waals surface area (Å²) in [7, 11) is 1.98. The van der Waals surface area contributed by atoms with Crippen LogP contribution in [0.3, 0.4) is 0 Å². The Morgan fingerprint density at radius 3 is 3.08 bits per heavy atom. The van der Waals surface area contributed by atoms with Crippen LogP contribution in [0, 0.1) is 6.92 Å². The summed E-state index contributed by atoms with van der Waals surface area (Å²) >= 11 is 0. The number of aromatic nitrogens is 6. The van der Waals surface area contributed by atoms with Crippen molar-refractivity contribution in [3.05, 3.63) is 35.3 Å². The average molecular weight is 339 g/mol. The zero-order chi connectivity index (χ0) is 17.0. The van der Waals surface area contributed by atoms with Gasteiger partial charge in [0.15, 0.2) is 5.82 Å². The van der Waals surface area contributed by atoms with Crippen molar-refractivity contribution in [1.82, 2.24) is 29.4 Å². The lowest BCUT2D eigenvalue weighted by Crippen LogP contribution is -2.31. The fourth-order valence-corrected chi connectivity index (χ4v) is 3.99. The summed E-state index contributed by atoms with van der Waals surface area (Å²) in [6.07, 6.45) is 5.67. The normalized spacial score (nSPS) is 20.4. The van der Waals surface area contributed by atoms with E-state index in [0.717, 1.165) is 62.0 Å². The van der Waals surface area contributed by atoms with Gasteiger partial charge >= 0.3 is 0 Å². The number of rotatable bonds is 2. The number of hydrogen-bond donors (Lipinski definition) is 0. The molecule has 0 N–H and O–H groups in total. The summed E-state index contributed by atoms with van der Waals surface area (Å²) in [5.74, 6) is 2.19. The van der Waals surface area contributed by atoms with Gasteiger partial charge in [-0.2, -0.15) is 10.2 Å². The summed E-state index contributed by atoms with van der Waals surface area (Å²) < 4.78 is 9.41. The highest BCUT2D eigenvalue weighted by molar-refractivity contribution is 5.73. The molecule has 2 aliphatic heterocycles. The Labute approximate surface area is 145 Å². The number of anilines is 1. The van der Waals surface area contributed by atoms with Crippen LogP contribution in [0.5, 0.6) is 0 Å². The van der Waals surface area contributed by atoms with Gasteiger partial charge in [0.25, 0.3) is 0 Å². The number of ether oxygens (including phenoxy) is 1. The highest BCUT2D eigenvalue weighted by Gasteiger charge is 2.29. The molecule has 0 amide bonds. The number of fused-ring (bicyclic) bond motifs is 2. The predicted molar refractivity (Wildman–Crippen MR) is 91.7 cm³/mol. The van der Waals surface area contributed by atoms with Gasteiger partial charge in [-0.3, -0.25) is 4.68 Å². The minimum absolute atomic E-state index is 0.326. The maximum atomic E-state index is 5.59. The van der Waals surface area contributed by atoms with Crippen molar-refractivity contribution in [2.75, 3.05) is 24.7 Å². The molecule has 0 aliphatic carbocycles. The van der Waals surface area contributed by atoms with E-state index >= 15 is 0 Å². The standard InChI is InChI=1S/C17H21N7O/c1-11-20-15(12-4-6-25-9-12)16-17(18-10-19-24(11)16)23-5-3-14-13(8-23)7-22(2)21-14/h7,10,12H,3-6,8-9H2,1-2H3. The minimum atomic E-state index is 0.326. The van der Waals surface area contributed by atoms with Crippen LogP contribution in [-0.4, -0.2) is 49.1 Å². The third kappa shape index (κ3) is 2.31. The van der Waals surface area contributed by atoms with E-state index in [0.29, 0.717) is 5.92 Å². The molecule has 1 atom stereocenters. The van der Waals surface area contributed by atoms with Gasteiger partial charge < -0.3 is 9.64 Å². The van der Waals surface area contributed by atoms with E-state index in [9.17, 15) is 0 Å². The van der Waals surface area contributed by atoms with Crippen LogP contribution in [0.2, 0.25) is 0 Å². The van der Waals surface area contributed by atoms with E-state index in [-0.39, 0.29) is 0 Å². The highest BCUT2D eigenvalue weighted by atomic mass is 16.5. The zero-order valence-electron chi connectivity index (χ0n) is 14.5. The molecule has 25 heavy (non-hydrogen) atoms. The average Bonchev–Trinajstić information content (AvgIpc) is 3.32. The molecule has 0 radical (unpaired) electrons. The predicted octanol–water partition coefficient (Wildman–Crippen LogP) is 1.23. The molecular formula is C17H21N7O. The van der Waals surface area contributed by atoms with Gasteiger partial charge in [0, 0.05) is 50.8 Å². The van der Waals surface area contributed by atoms with Gasteiger partial charge in [-0.05, 0) is 13.3 Å². The van der Waals surface area contributed by atoms with Crippen molar-refractivity contribution in [3.8, 4) is 0 Å². The third-order valence-corrected chi connectivity index (χ3v) is 5.19. The molecule has 1 unspecified atom stereocenters. The van der Waals surface area contributed by atoms with Crippen molar-refractivity contribution in [2.24, 2.45) is 7.05 Å². The molecule has 1 fully saturated rings. The van der Waals surface area contributed by atoms with Gasteiger partial charge in [0.2, 0.25) is 0 Å². The second-order valence-electron chi connectivity index (χ2n) is 6.90. The summed E-state index contributed by atoms with van der Waals surface area (Å²) in [4.78, 5) is 11.8. The Morgan fingerprint density at radius 1 is 1.32 bits per heavy atom. The van der Waals surface area contributed by atoms with Crippen LogP contribution in [0.1, 0.15) is 35.1 Å². The van der Waals surface area contributed by atoms with Gasteiger partial charge in [-0.1, -0.05) is 0 Å². The van der Waals surface area contributed by atoms with Gasteiger partial charge in [-0.15, -0.1) is 0 Å². The van der Waals surface area contributed by atoms with Crippen molar-refractivity contribution in [3.63, 3.8) is 0 Å². The summed E-state index contributed by atoms with van der Waals surface area (Å²) in [5, 5.41) is 8.99. The van der Waals surface area contributed by atoms with Crippen LogP contribution in [0.25, 0.3) is 5.52 Å². The van der Waals surface area contributed by atoms with Gasteiger partial charge in [0.1, 0.15) is 17.7 Å².